The Morgan fingerprint density at radius 1 is 1.07 bits per heavy atom. The molecule has 140 valence electrons. The van der Waals surface area contributed by atoms with Gasteiger partial charge in [0.25, 0.3) is 5.69 Å². The molecule has 0 saturated heterocycles. The van der Waals surface area contributed by atoms with Crippen molar-refractivity contribution in [3.63, 3.8) is 0 Å². The molecule has 1 heterocycles. The van der Waals surface area contributed by atoms with E-state index in [2.05, 4.69) is 9.97 Å². The molecule has 7 nitrogen and oxygen atoms in total. The summed E-state index contributed by atoms with van der Waals surface area (Å²) in [6.45, 7) is 0.207. The lowest BCUT2D eigenvalue weighted by Gasteiger charge is -2.11. The third-order valence-electron chi connectivity index (χ3n) is 4.37. The molecule has 1 N–H and O–H groups in total. The summed E-state index contributed by atoms with van der Waals surface area (Å²) in [4.78, 5) is 18.4. The zero-order valence-corrected chi connectivity index (χ0v) is 15.1. The number of fused-ring (bicyclic) bond motifs is 1. The molecule has 28 heavy (non-hydrogen) atoms. The van der Waals surface area contributed by atoms with E-state index < -0.39 is 4.92 Å². The number of benzene rings is 3. The number of imidazole rings is 1. The number of nitro benzene ring substituents is 1. The highest BCUT2D eigenvalue weighted by Crippen LogP contribution is 2.28. The smallest absolute Gasteiger partial charge is 0.273 e. The molecule has 1 aromatic heterocycles. The lowest BCUT2D eigenvalue weighted by molar-refractivity contribution is -0.384. The summed E-state index contributed by atoms with van der Waals surface area (Å²) in [5.41, 5.74) is 3.55. The van der Waals surface area contributed by atoms with Crippen LogP contribution in [0.15, 0.2) is 66.7 Å². The zero-order valence-electron chi connectivity index (χ0n) is 15.1. The number of rotatable bonds is 6. The molecule has 0 aliphatic rings. The highest BCUT2D eigenvalue weighted by molar-refractivity contribution is 5.79. The maximum atomic E-state index is 10.9. The van der Waals surface area contributed by atoms with Gasteiger partial charge < -0.3 is 14.5 Å². The summed E-state index contributed by atoms with van der Waals surface area (Å²) in [5.74, 6) is 1.84. The summed E-state index contributed by atoms with van der Waals surface area (Å²) < 4.78 is 11.2. The number of aromatic nitrogens is 2. The Hall–Kier alpha value is -3.87. The van der Waals surface area contributed by atoms with Crippen molar-refractivity contribution >= 4 is 16.7 Å². The predicted octanol–water partition coefficient (Wildman–Crippen LogP) is 4.73. The van der Waals surface area contributed by atoms with E-state index in [1.54, 1.807) is 19.2 Å². The van der Waals surface area contributed by atoms with E-state index in [0.29, 0.717) is 11.5 Å². The minimum absolute atomic E-state index is 0.0134. The van der Waals surface area contributed by atoms with Crippen LogP contribution in [0.4, 0.5) is 5.69 Å². The largest absolute Gasteiger partial charge is 0.496 e. The van der Waals surface area contributed by atoms with Crippen LogP contribution in [0, 0.1) is 10.1 Å². The molecule has 0 saturated carbocycles. The second-order valence-corrected chi connectivity index (χ2v) is 6.17. The summed E-state index contributed by atoms with van der Waals surface area (Å²) in [6, 6.07) is 19.6. The number of hydrogen-bond donors (Lipinski definition) is 1. The summed E-state index contributed by atoms with van der Waals surface area (Å²) in [6.07, 6.45) is 0. The van der Waals surface area contributed by atoms with E-state index in [9.17, 15) is 10.1 Å². The summed E-state index contributed by atoms with van der Waals surface area (Å²) in [7, 11) is 1.59. The molecule has 0 radical (unpaired) electrons. The van der Waals surface area contributed by atoms with E-state index in [0.717, 1.165) is 28.0 Å². The van der Waals surface area contributed by atoms with Crippen molar-refractivity contribution in [2.45, 2.75) is 6.61 Å². The molecular formula is C21H17N3O4. The number of nitro groups is 1. The van der Waals surface area contributed by atoms with E-state index in [1.807, 2.05) is 42.5 Å². The average molecular weight is 375 g/mol. The van der Waals surface area contributed by atoms with Gasteiger partial charge in [0.1, 0.15) is 23.9 Å². The molecular weight excluding hydrogens is 358 g/mol. The molecule has 3 aromatic carbocycles. The first kappa shape index (κ1) is 17.5. The van der Waals surface area contributed by atoms with Gasteiger partial charge in [-0.2, -0.15) is 0 Å². The highest BCUT2D eigenvalue weighted by Gasteiger charge is 2.11. The molecule has 0 fully saturated rings. The number of nitrogens with zero attached hydrogens (tertiary/aromatic N) is 2. The number of nitrogens with one attached hydrogen (secondary N) is 1. The van der Waals surface area contributed by atoms with Crippen LogP contribution in [-0.2, 0) is 6.61 Å². The van der Waals surface area contributed by atoms with Crippen molar-refractivity contribution in [2.24, 2.45) is 0 Å². The fourth-order valence-electron chi connectivity index (χ4n) is 2.98. The first-order chi connectivity index (χ1) is 13.6. The van der Waals surface area contributed by atoms with Crippen LogP contribution in [0.25, 0.3) is 22.4 Å². The molecule has 0 bridgehead atoms. The number of ether oxygens (including phenoxy) is 2. The van der Waals surface area contributed by atoms with Crippen LogP contribution in [0.1, 0.15) is 5.56 Å². The normalized spacial score (nSPS) is 10.8. The van der Waals surface area contributed by atoms with Gasteiger partial charge in [0.15, 0.2) is 0 Å². The highest BCUT2D eigenvalue weighted by atomic mass is 16.6. The van der Waals surface area contributed by atoms with Gasteiger partial charge in [-0.05, 0) is 36.4 Å². The lowest BCUT2D eigenvalue weighted by Crippen LogP contribution is -2.00. The van der Waals surface area contributed by atoms with Crippen LogP contribution in [-0.4, -0.2) is 22.0 Å². The van der Waals surface area contributed by atoms with Crippen molar-refractivity contribution in [2.75, 3.05) is 7.11 Å². The van der Waals surface area contributed by atoms with Gasteiger partial charge in [0.2, 0.25) is 0 Å². The van der Waals surface area contributed by atoms with E-state index in [4.69, 9.17) is 9.47 Å². The van der Waals surface area contributed by atoms with E-state index in [-0.39, 0.29) is 12.3 Å². The maximum Gasteiger partial charge on any atom is 0.273 e. The predicted molar refractivity (Wildman–Crippen MR) is 106 cm³/mol. The van der Waals surface area contributed by atoms with Gasteiger partial charge in [-0.1, -0.05) is 18.2 Å². The van der Waals surface area contributed by atoms with Crippen LogP contribution in [0.3, 0.4) is 0 Å². The standard InChI is InChI=1S/C21H17N3O4/c1-27-20-10-9-14(21-22-18-7-2-3-8-19(18)23-21)11-15(20)13-28-17-6-4-5-16(12-17)24(25)26/h2-12H,13H2,1H3,(H,22,23). The second-order valence-electron chi connectivity index (χ2n) is 6.17. The number of methoxy groups -OCH3 is 1. The number of non-ortho nitro benzene ring substituents is 1. The van der Waals surface area contributed by atoms with Gasteiger partial charge in [0, 0.05) is 17.2 Å². The number of para-hydroxylation sites is 2. The minimum atomic E-state index is -0.449. The first-order valence-electron chi connectivity index (χ1n) is 8.63. The Bertz CT molecular complexity index is 1120. The number of hydrogen-bond acceptors (Lipinski definition) is 5. The third-order valence-corrected chi connectivity index (χ3v) is 4.37. The Morgan fingerprint density at radius 3 is 2.71 bits per heavy atom. The van der Waals surface area contributed by atoms with Crippen molar-refractivity contribution < 1.29 is 14.4 Å². The van der Waals surface area contributed by atoms with Crippen molar-refractivity contribution in [1.29, 1.82) is 0 Å². The van der Waals surface area contributed by atoms with Crippen LogP contribution in [0.2, 0.25) is 0 Å². The Morgan fingerprint density at radius 2 is 1.93 bits per heavy atom. The van der Waals surface area contributed by atoms with E-state index >= 15 is 0 Å². The third kappa shape index (κ3) is 3.50. The fourth-order valence-corrected chi connectivity index (χ4v) is 2.98. The quantitative estimate of drug-likeness (QED) is 0.389. The number of H-pyrrole nitrogens is 1. The Kier molecular flexibility index (Phi) is 4.63. The monoisotopic (exact) mass is 375 g/mol. The SMILES string of the molecule is COc1ccc(-c2nc3ccccc3[nH]2)cc1COc1cccc([N+](=O)[O-])c1. The van der Waals surface area contributed by atoms with E-state index in [1.165, 1.54) is 12.1 Å². The van der Waals surface area contributed by atoms with Crippen LogP contribution < -0.4 is 9.47 Å². The Balaban J connectivity index is 1.62. The van der Waals surface area contributed by atoms with Gasteiger partial charge in [-0.25, -0.2) is 4.98 Å². The fraction of sp³-hybridized carbons (Fsp3) is 0.0952. The molecule has 0 unspecified atom stereocenters. The molecule has 0 aliphatic heterocycles. The topological polar surface area (TPSA) is 90.3 Å². The summed E-state index contributed by atoms with van der Waals surface area (Å²) in [5, 5.41) is 10.9. The van der Waals surface area contributed by atoms with Crippen LogP contribution in [0.5, 0.6) is 11.5 Å². The number of aromatic amines is 1. The average Bonchev–Trinajstić information content (AvgIpc) is 3.16. The lowest BCUT2D eigenvalue weighted by atomic mass is 10.1. The van der Waals surface area contributed by atoms with Gasteiger partial charge in [-0.15, -0.1) is 0 Å². The molecule has 0 spiro atoms. The summed E-state index contributed by atoms with van der Waals surface area (Å²) >= 11 is 0. The van der Waals surface area contributed by atoms with Gasteiger partial charge in [-0.3, -0.25) is 10.1 Å². The Labute approximate surface area is 160 Å². The second kappa shape index (κ2) is 7.40. The molecule has 4 rings (SSSR count). The molecule has 0 aliphatic carbocycles. The van der Waals surface area contributed by atoms with Crippen molar-refractivity contribution in [1.82, 2.24) is 9.97 Å². The first-order valence-corrected chi connectivity index (χ1v) is 8.63. The van der Waals surface area contributed by atoms with Crippen molar-refractivity contribution in [3.05, 3.63) is 82.4 Å². The maximum absolute atomic E-state index is 10.9. The van der Waals surface area contributed by atoms with Gasteiger partial charge >= 0.3 is 0 Å². The van der Waals surface area contributed by atoms with Crippen molar-refractivity contribution in [3.8, 4) is 22.9 Å². The molecule has 0 amide bonds. The molecule has 0 atom stereocenters. The molecule has 4 aromatic rings. The zero-order chi connectivity index (χ0) is 19.5. The minimum Gasteiger partial charge on any atom is -0.496 e. The molecule has 7 heteroatoms. The van der Waals surface area contributed by atoms with Gasteiger partial charge in [0.05, 0.1) is 29.1 Å². The van der Waals surface area contributed by atoms with Crippen LogP contribution >= 0.6 is 0 Å².